The smallest absolute Gasteiger partial charge is 0.350 e. The Labute approximate surface area is 116 Å². The highest BCUT2D eigenvalue weighted by molar-refractivity contribution is 5.45. The van der Waals surface area contributed by atoms with Crippen LogP contribution in [0.15, 0.2) is 59.5 Å². The molecule has 0 spiro atoms. The third kappa shape index (κ3) is 1.77. The molecule has 2 aromatic heterocycles. The number of fused-ring (bicyclic) bond motifs is 1. The van der Waals surface area contributed by atoms with Gasteiger partial charge in [0.2, 0.25) is 0 Å². The summed E-state index contributed by atoms with van der Waals surface area (Å²) in [6.45, 7) is 1.86. The van der Waals surface area contributed by atoms with Crippen molar-refractivity contribution in [1.82, 2.24) is 4.57 Å². The Morgan fingerprint density at radius 3 is 2.50 bits per heavy atom. The summed E-state index contributed by atoms with van der Waals surface area (Å²) >= 11 is 0. The molecular weight excluding hydrogens is 252 g/mol. The van der Waals surface area contributed by atoms with E-state index in [4.69, 9.17) is 0 Å². The lowest BCUT2D eigenvalue weighted by atomic mass is 10.2. The van der Waals surface area contributed by atoms with Crippen LogP contribution in [0.1, 0.15) is 12.5 Å². The van der Waals surface area contributed by atoms with Gasteiger partial charge in [-0.3, -0.25) is 0 Å². The lowest BCUT2D eigenvalue weighted by Crippen LogP contribution is -2.35. The standard InChI is InChI=1S/C16H14N2O2/c1-2-13-15(19)17-11-7-6-10-14(17)18(16(13)20)12-8-4-3-5-9-12/h3-11H,2H2,1H3/p+1. The SMILES string of the molecule is CCc1c(O)[n+]2ccccc2n(-c2ccccc2)c1=O. The second-order valence-corrected chi connectivity index (χ2v) is 4.56. The number of hydrogen-bond donors (Lipinski definition) is 1. The Morgan fingerprint density at radius 1 is 1.10 bits per heavy atom. The van der Waals surface area contributed by atoms with Gasteiger partial charge in [-0.1, -0.05) is 31.2 Å². The van der Waals surface area contributed by atoms with E-state index in [1.165, 1.54) is 0 Å². The average molecular weight is 267 g/mol. The molecule has 0 saturated heterocycles. The lowest BCUT2D eigenvalue weighted by molar-refractivity contribution is -0.527. The molecule has 20 heavy (non-hydrogen) atoms. The summed E-state index contributed by atoms with van der Waals surface area (Å²) in [5, 5.41) is 10.3. The van der Waals surface area contributed by atoms with E-state index in [0.717, 1.165) is 5.69 Å². The second-order valence-electron chi connectivity index (χ2n) is 4.56. The summed E-state index contributed by atoms with van der Waals surface area (Å²) in [5.41, 5.74) is 1.66. The monoisotopic (exact) mass is 267 g/mol. The summed E-state index contributed by atoms with van der Waals surface area (Å²) < 4.78 is 3.26. The van der Waals surface area contributed by atoms with Gasteiger partial charge in [-0.25, -0.2) is 4.79 Å². The van der Waals surface area contributed by atoms with E-state index in [0.29, 0.717) is 17.6 Å². The molecule has 4 heteroatoms. The van der Waals surface area contributed by atoms with Gasteiger partial charge in [0.25, 0.3) is 11.5 Å². The lowest BCUT2D eigenvalue weighted by Gasteiger charge is -2.07. The fourth-order valence-corrected chi connectivity index (χ4v) is 2.41. The van der Waals surface area contributed by atoms with Gasteiger partial charge in [0, 0.05) is 6.07 Å². The Kier molecular flexibility index (Phi) is 2.99. The first-order valence-corrected chi connectivity index (χ1v) is 6.56. The first kappa shape index (κ1) is 12.4. The third-order valence-corrected chi connectivity index (χ3v) is 3.39. The molecule has 4 nitrogen and oxygen atoms in total. The minimum absolute atomic E-state index is 0.0141. The molecule has 0 amide bonds. The van der Waals surface area contributed by atoms with Crippen LogP contribution in [0.5, 0.6) is 5.88 Å². The highest BCUT2D eigenvalue weighted by Gasteiger charge is 2.22. The predicted octanol–water partition coefficient (Wildman–Crippen LogP) is 1.84. The molecule has 0 saturated carbocycles. The molecule has 0 aliphatic carbocycles. The van der Waals surface area contributed by atoms with E-state index in [-0.39, 0.29) is 11.4 Å². The zero-order valence-corrected chi connectivity index (χ0v) is 11.2. The van der Waals surface area contributed by atoms with E-state index < -0.39 is 0 Å². The maximum absolute atomic E-state index is 12.6. The third-order valence-electron chi connectivity index (χ3n) is 3.39. The van der Waals surface area contributed by atoms with Crippen molar-refractivity contribution in [3.63, 3.8) is 0 Å². The molecule has 2 heterocycles. The number of pyridine rings is 1. The van der Waals surface area contributed by atoms with Crippen LogP contribution in [0, 0.1) is 0 Å². The molecule has 0 radical (unpaired) electrons. The largest absolute Gasteiger partial charge is 0.477 e. The molecule has 0 atom stereocenters. The molecule has 0 aliphatic heterocycles. The van der Waals surface area contributed by atoms with Crippen molar-refractivity contribution in [3.05, 3.63) is 70.6 Å². The predicted molar refractivity (Wildman–Crippen MR) is 76.2 cm³/mol. The maximum Gasteiger partial charge on any atom is 0.350 e. The molecule has 0 fully saturated rings. The summed E-state index contributed by atoms with van der Waals surface area (Å²) in [6.07, 6.45) is 2.23. The van der Waals surface area contributed by atoms with Gasteiger partial charge in [0.1, 0.15) is 11.3 Å². The van der Waals surface area contributed by atoms with Crippen molar-refractivity contribution in [2.45, 2.75) is 13.3 Å². The molecule has 3 rings (SSSR count). The van der Waals surface area contributed by atoms with Crippen LogP contribution in [-0.2, 0) is 6.42 Å². The van der Waals surface area contributed by atoms with Gasteiger partial charge in [-0.15, -0.1) is 0 Å². The first-order valence-electron chi connectivity index (χ1n) is 6.56. The number of aromatic hydroxyl groups is 1. The molecule has 1 aromatic carbocycles. The van der Waals surface area contributed by atoms with Crippen LogP contribution >= 0.6 is 0 Å². The van der Waals surface area contributed by atoms with E-state index in [1.807, 2.05) is 55.5 Å². The Morgan fingerprint density at radius 2 is 1.80 bits per heavy atom. The van der Waals surface area contributed by atoms with E-state index in [1.54, 1.807) is 15.2 Å². The molecule has 0 bridgehead atoms. The summed E-state index contributed by atoms with van der Waals surface area (Å²) in [7, 11) is 0. The summed E-state index contributed by atoms with van der Waals surface area (Å²) in [5.74, 6) is 0.0141. The topological polar surface area (TPSA) is 46.3 Å². The van der Waals surface area contributed by atoms with E-state index >= 15 is 0 Å². The molecule has 0 aliphatic rings. The fraction of sp³-hybridized carbons (Fsp3) is 0.125. The maximum atomic E-state index is 12.6. The highest BCUT2D eigenvalue weighted by Crippen LogP contribution is 2.13. The average Bonchev–Trinajstić information content (AvgIpc) is 2.49. The van der Waals surface area contributed by atoms with Crippen LogP contribution in [0.2, 0.25) is 0 Å². The van der Waals surface area contributed by atoms with Crippen molar-refractivity contribution in [2.24, 2.45) is 0 Å². The van der Waals surface area contributed by atoms with Gasteiger partial charge < -0.3 is 5.11 Å². The highest BCUT2D eigenvalue weighted by atomic mass is 16.3. The van der Waals surface area contributed by atoms with Crippen molar-refractivity contribution in [1.29, 1.82) is 0 Å². The number of para-hydroxylation sites is 1. The second kappa shape index (κ2) is 4.81. The van der Waals surface area contributed by atoms with Crippen molar-refractivity contribution >= 4 is 5.65 Å². The Bertz CT molecular complexity index is 823. The molecular formula is C16H15N2O2+. The zero-order valence-electron chi connectivity index (χ0n) is 11.2. The molecule has 3 aromatic rings. The minimum Gasteiger partial charge on any atom is -0.477 e. The normalized spacial score (nSPS) is 10.8. The number of benzene rings is 1. The Hall–Kier alpha value is -2.62. The van der Waals surface area contributed by atoms with Crippen LogP contribution < -0.4 is 9.96 Å². The number of nitrogens with zero attached hydrogens (tertiary/aromatic N) is 2. The van der Waals surface area contributed by atoms with E-state index in [9.17, 15) is 9.90 Å². The molecule has 1 N–H and O–H groups in total. The van der Waals surface area contributed by atoms with Crippen LogP contribution in [0.4, 0.5) is 0 Å². The van der Waals surface area contributed by atoms with Gasteiger partial charge >= 0.3 is 5.56 Å². The fourth-order valence-electron chi connectivity index (χ4n) is 2.41. The quantitative estimate of drug-likeness (QED) is 0.720. The van der Waals surface area contributed by atoms with Gasteiger partial charge in [-0.05, 0) is 24.6 Å². The van der Waals surface area contributed by atoms with E-state index in [2.05, 4.69) is 0 Å². The molecule has 0 unspecified atom stereocenters. The summed E-state index contributed by atoms with van der Waals surface area (Å²) in [6, 6.07) is 14.9. The Balaban J connectivity index is 2.51. The van der Waals surface area contributed by atoms with Gasteiger partial charge in [0.05, 0.1) is 6.20 Å². The van der Waals surface area contributed by atoms with Crippen molar-refractivity contribution in [3.8, 4) is 11.6 Å². The minimum atomic E-state index is -0.178. The number of rotatable bonds is 2. The van der Waals surface area contributed by atoms with Crippen LogP contribution in [0.25, 0.3) is 11.3 Å². The van der Waals surface area contributed by atoms with Crippen molar-refractivity contribution in [2.75, 3.05) is 0 Å². The zero-order chi connectivity index (χ0) is 14.1. The summed E-state index contributed by atoms with van der Waals surface area (Å²) in [4.78, 5) is 12.6. The molecule has 100 valence electrons. The van der Waals surface area contributed by atoms with Gasteiger partial charge in [-0.2, -0.15) is 8.97 Å². The number of aromatic nitrogens is 2. The number of hydrogen-bond acceptors (Lipinski definition) is 2. The van der Waals surface area contributed by atoms with Crippen molar-refractivity contribution < 1.29 is 9.51 Å². The van der Waals surface area contributed by atoms with Crippen LogP contribution in [-0.4, -0.2) is 9.67 Å². The van der Waals surface area contributed by atoms with Crippen LogP contribution in [0.3, 0.4) is 0 Å². The van der Waals surface area contributed by atoms with Gasteiger partial charge in [0.15, 0.2) is 0 Å². The first-order chi connectivity index (χ1) is 9.74.